The van der Waals surface area contributed by atoms with E-state index in [2.05, 4.69) is 65.8 Å². The third kappa shape index (κ3) is 13.2. The molecule has 0 aromatic heterocycles. The second-order valence-electron chi connectivity index (χ2n) is 21.5. The first-order chi connectivity index (χ1) is 34.5. The Balaban J connectivity index is 1.21. The van der Waals surface area contributed by atoms with Crippen LogP contribution in [0.2, 0.25) is 0 Å². The topological polar surface area (TPSA) is 185 Å². The van der Waals surface area contributed by atoms with E-state index in [1.54, 1.807) is 39.2 Å². The molecule has 0 radical (unpaired) electrons. The number of allylic oxidation sites excluding steroid dienone is 8. The average molecular weight is 1010 g/mol. The summed E-state index contributed by atoms with van der Waals surface area (Å²) < 4.78 is 30.7. The van der Waals surface area contributed by atoms with Gasteiger partial charge >= 0.3 is 12.2 Å². The predicted octanol–water partition coefficient (Wildman–Crippen LogP) is 9.75. The van der Waals surface area contributed by atoms with Crippen molar-refractivity contribution in [1.82, 2.24) is 19.6 Å². The number of fused-ring (bicyclic) bond motifs is 6. The van der Waals surface area contributed by atoms with E-state index in [0.29, 0.717) is 77.9 Å². The van der Waals surface area contributed by atoms with E-state index in [4.69, 9.17) is 23.7 Å². The highest BCUT2D eigenvalue weighted by atomic mass is 16.6. The molecule has 2 N–H and O–H groups in total. The van der Waals surface area contributed by atoms with Gasteiger partial charge in [-0.3, -0.25) is 19.3 Å². The minimum Gasteiger partial charge on any atom is -0.484 e. The summed E-state index contributed by atoms with van der Waals surface area (Å²) >= 11 is 0. The first-order valence-electron chi connectivity index (χ1n) is 25.6. The van der Waals surface area contributed by atoms with E-state index in [1.165, 1.54) is 43.1 Å². The fourth-order valence-electron chi connectivity index (χ4n) is 9.83. The molecule has 0 saturated heterocycles. The van der Waals surface area contributed by atoms with Crippen molar-refractivity contribution < 1.29 is 57.9 Å². The maximum Gasteiger partial charge on any atom is 0.414 e. The fraction of sp³-hybridized carbons (Fsp3) is 0.561. The number of rotatable bonds is 21. The first kappa shape index (κ1) is 56.2. The molecule has 16 nitrogen and oxygen atoms in total. The summed E-state index contributed by atoms with van der Waals surface area (Å²) in [5.74, 6) is 0.225. The number of hydrogen-bond acceptors (Lipinski definition) is 12. The van der Waals surface area contributed by atoms with Crippen molar-refractivity contribution in [2.75, 3.05) is 34.7 Å². The molecule has 1 unspecified atom stereocenters. The van der Waals surface area contributed by atoms with Gasteiger partial charge in [-0.1, -0.05) is 46.6 Å². The number of aliphatic hydroxyl groups is 2. The third-order valence-electron chi connectivity index (χ3n) is 14.5. The number of carbonyl (C=O) groups is 5. The van der Waals surface area contributed by atoms with Crippen molar-refractivity contribution in [3.63, 3.8) is 0 Å². The largest absolute Gasteiger partial charge is 0.484 e. The highest BCUT2D eigenvalue weighted by molar-refractivity contribution is 6.01. The van der Waals surface area contributed by atoms with Crippen LogP contribution in [0, 0.1) is 0 Å². The zero-order chi connectivity index (χ0) is 53.5. The zero-order valence-electron chi connectivity index (χ0n) is 45.1. The van der Waals surface area contributed by atoms with Gasteiger partial charge in [0.15, 0.2) is 6.23 Å². The van der Waals surface area contributed by atoms with Crippen molar-refractivity contribution in [3.05, 3.63) is 92.1 Å². The van der Waals surface area contributed by atoms with Crippen molar-refractivity contribution in [1.29, 1.82) is 0 Å². The lowest BCUT2D eigenvalue weighted by Crippen LogP contribution is -2.49. The molecular formula is C57H78N4O12. The lowest BCUT2D eigenvalue weighted by atomic mass is 9.84. The normalized spacial score (nSPS) is 21.5. The van der Waals surface area contributed by atoms with Crippen LogP contribution in [0.5, 0.6) is 23.0 Å². The standard InChI is InChI=1S/C57H78N4O12/c1-35(2)18-13-20-37(5)22-15-25-56(7)47(63)30-41-45(70-54(67)58(9)10)28-39-43(50(41)72-56)32-60(52(39)65)27-17-24-49(69-34-62)61-33-44-40(53(61)66)29-46(71-55(68)59(11)12)42-31-48(64)57(8,73-51(42)44)26-16-23-38(6)21-14-19-36(3)4/h18-19,22-23,28-29,34,47-49,63-64H,13-17,20-21,24-27,30-33H2,1-12H3/b37-22+,38-23+/t47-,48-,49?,56+,57+/m0/s1. The van der Waals surface area contributed by atoms with Gasteiger partial charge in [0.25, 0.3) is 18.3 Å². The molecule has 2 aromatic rings. The average Bonchev–Trinajstić information content (AvgIpc) is 3.81. The van der Waals surface area contributed by atoms with Crippen LogP contribution in [-0.4, -0.2) is 125 Å². The molecule has 6 rings (SSSR count). The highest BCUT2D eigenvalue weighted by Crippen LogP contribution is 2.49. The number of aliphatic hydroxyl groups excluding tert-OH is 2. The van der Waals surface area contributed by atoms with Crippen LogP contribution in [0.1, 0.15) is 163 Å². The van der Waals surface area contributed by atoms with Gasteiger partial charge in [0.2, 0.25) is 0 Å². The van der Waals surface area contributed by atoms with E-state index < -0.39 is 47.7 Å². The van der Waals surface area contributed by atoms with Gasteiger partial charge in [0, 0.05) is 76.3 Å². The quantitative estimate of drug-likeness (QED) is 0.0893. The minimum absolute atomic E-state index is 0.00828. The molecule has 398 valence electrons. The van der Waals surface area contributed by atoms with Crippen LogP contribution >= 0.6 is 0 Å². The van der Waals surface area contributed by atoms with Crippen LogP contribution in [0.3, 0.4) is 0 Å². The van der Waals surface area contributed by atoms with E-state index in [1.807, 2.05) is 13.8 Å². The van der Waals surface area contributed by atoms with Gasteiger partial charge < -0.3 is 48.6 Å². The Morgan fingerprint density at radius 1 is 0.699 bits per heavy atom. The number of nitrogens with zero attached hydrogens (tertiary/aromatic N) is 4. The molecule has 5 atom stereocenters. The summed E-state index contributed by atoms with van der Waals surface area (Å²) in [6.45, 7) is 16.9. The summed E-state index contributed by atoms with van der Waals surface area (Å²) in [5.41, 5.74) is 5.63. The third-order valence-corrected chi connectivity index (χ3v) is 14.5. The molecule has 4 amide bonds. The van der Waals surface area contributed by atoms with Crippen molar-refractivity contribution in [2.45, 2.75) is 175 Å². The Labute approximate surface area is 431 Å². The lowest BCUT2D eigenvalue weighted by molar-refractivity contribution is -0.141. The van der Waals surface area contributed by atoms with E-state index in [-0.39, 0.29) is 61.9 Å². The van der Waals surface area contributed by atoms with E-state index >= 15 is 0 Å². The molecule has 4 heterocycles. The van der Waals surface area contributed by atoms with Crippen LogP contribution < -0.4 is 18.9 Å². The van der Waals surface area contributed by atoms with Gasteiger partial charge in [-0.2, -0.15) is 0 Å². The fourth-order valence-corrected chi connectivity index (χ4v) is 9.83. The first-order valence-corrected chi connectivity index (χ1v) is 25.6. The van der Waals surface area contributed by atoms with Gasteiger partial charge in [0.1, 0.15) is 34.2 Å². The predicted molar refractivity (Wildman–Crippen MR) is 278 cm³/mol. The Morgan fingerprint density at radius 2 is 1.15 bits per heavy atom. The molecule has 16 heteroatoms. The van der Waals surface area contributed by atoms with E-state index in [9.17, 15) is 34.2 Å². The molecule has 2 aromatic carbocycles. The van der Waals surface area contributed by atoms with Crippen molar-refractivity contribution >= 4 is 30.5 Å². The van der Waals surface area contributed by atoms with Crippen LogP contribution in [0.15, 0.2) is 58.7 Å². The van der Waals surface area contributed by atoms with Gasteiger partial charge in [-0.15, -0.1) is 0 Å². The molecule has 0 saturated carbocycles. The Morgan fingerprint density at radius 3 is 1.59 bits per heavy atom. The number of ether oxygens (including phenoxy) is 5. The van der Waals surface area contributed by atoms with Crippen molar-refractivity contribution in [3.8, 4) is 23.0 Å². The monoisotopic (exact) mass is 1010 g/mol. The summed E-state index contributed by atoms with van der Waals surface area (Å²) in [6.07, 6.45) is 11.3. The number of hydrogen-bond donors (Lipinski definition) is 2. The SMILES string of the molecule is CC(C)=CCC/C(C)=C/CC[C@@]1(C)Oc2c(c(OC(=O)N(C)C)cc3c2CN(CCCC(OC=O)N2Cc4c(cc(OC(=O)N(C)C)c5c4O[C@](C)(CC/C=C(\C)CCC=C(C)C)[C@@H](O)C5)C2=O)C3=O)C[C@@H]1O. The number of amides is 4. The molecule has 4 aliphatic heterocycles. The molecule has 0 aliphatic carbocycles. The summed E-state index contributed by atoms with van der Waals surface area (Å²) in [7, 11) is 6.20. The lowest BCUT2D eigenvalue weighted by Gasteiger charge is -2.41. The van der Waals surface area contributed by atoms with Crippen LogP contribution in [-0.2, 0) is 35.5 Å². The summed E-state index contributed by atoms with van der Waals surface area (Å²) in [5, 5.41) is 23.2. The highest BCUT2D eigenvalue weighted by Gasteiger charge is 2.47. The van der Waals surface area contributed by atoms with E-state index in [0.717, 1.165) is 25.7 Å². The Kier molecular flexibility index (Phi) is 18.3. The van der Waals surface area contributed by atoms with Crippen molar-refractivity contribution in [2.24, 2.45) is 0 Å². The Hall–Kier alpha value is -6.13. The van der Waals surface area contributed by atoms with Gasteiger partial charge in [-0.05, 0) is 125 Å². The smallest absolute Gasteiger partial charge is 0.414 e. The van der Waals surface area contributed by atoms with Gasteiger partial charge in [0.05, 0.1) is 36.4 Å². The molecule has 0 spiro atoms. The molecule has 4 aliphatic rings. The number of benzene rings is 2. The maximum absolute atomic E-state index is 14.4. The zero-order valence-corrected chi connectivity index (χ0v) is 45.1. The number of carbonyl (C=O) groups excluding carboxylic acids is 5. The molecular weight excluding hydrogens is 933 g/mol. The maximum atomic E-state index is 14.4. The molecule has 0 bridgehead atoms. The van der Waals surface area contributed by atoms with Crippen LogP contribution in [0.25, 0.3) is 0 Å². The second-order valence-corrected chi connectivity index (χ2v) is 21.5. The molecule has 73 heavy (non-hydrogen) atoms. The Bertz CT molecular complexity index is 2550. The van der Waals surface area contributed by atoms with Gasteiger partial charge in [-0.25, -0.2) is 9.59 Å². The second kappa shape index (κ2) is 23.8. The summed E-state index contributed by atoms with van der Waals surface area (Å²) in [4.78, 5) is 72.3. The summed E-state index contributed by atoms with van der Waals surface area (Å²) in [6, 6.07) is 3.05. The minimum atomic E-state index is -1.05. The van der Waals surface area contributed by atoms with Crippen LogP contribution in [0.4, 0.5) is 9.59 Å². The molecule has 0 fully saturated rings.